The quantitative estimate of drug-likeness (QED) is 0.352. The fourth-order valence-corrected chi connectivity index (χ4v) is 4.58. The average molecular weight is 403 g/mol. The van der Waals surface area contributed by atoms with Gasteiger partial charge in [-0.1, -0.05) is 66.7 Å². The van der Waals surface area contributed by atoms with Gasteiger partial charge in [0.2, 0.25) is 0 Å². The summed E-state index contributed by atoms with van der Waals surface area (Å²) in [5.74, 6) is -0.272. The average Bonchev–Trinajstić information content (AvgIpc) is 3.34. The van der Waals surface area contributed by atoms with Gasteiger partial charge in [-0.15, -0.1) is 0 Å². The molecule has 0 saturated carbocycles. The third kappa shape index (κ3) is 3.21. The van der Waals surface area contributed by atoms with Crippen LogP contribution in [0.15, 0.2) is 84.4 Å². The van der Waals surface area contributed by atoms with Crippen LogP contribution in [0.2, 0.25) is 0 Å². The number of amides is 1. The molecule has 1 atom stereocenters. The van der Waals surface area contributed by atoms with Crippen LogP contribution in [0.1, 0.15) is 28.4 Å². The number of fused-ring (bicyclic) bond motifs is 2. The van der Waals surface area contributed by atoms with E-state index in [4.69, 9.17) is 0 Å². The maximum atomic E-state index is 13.7. The normalized spacial score (nSPS) is 15.7. The number of carbonyl (C=O) groups excluding carboxylic acids is 1. The number of nitrogens with one attached hydrogen (secondary N) is 1. The van der Waals surface area contributed by atoms with Crippen LogP contribution >= 0.6 is 0 Å². The fraction of sp³-hybridized carbons (Fsp3) is 0.111. The molecule has 1 unspecified atom stereocenters. The number of nitrogens with zero attached hydrogens (tertiary/aromatic N) is 2. The smallest absolute Gasteiger partial charge is 0.269 e. The SMILES string of the molecule is Cc1[nH]c2ccccc2c1C1Cc2ccccc2N1C(=O)C(C#N)=Cc1ccccc1. The lowest BCUT2D eigenvalue weighted by Gasteiger charge is -2.26. The van der Waals surface area contributed by atoms with E-state index >= 15 is 0 Å². The summed E-state index contributed by atoms with van der Waals surface area (Å²) in [5, 5.41) is 10.9. The van der Waals surface area contributed by atoms with E-state index in [-0.39, 0.29) is 17.5 Å². The number of para-hydroxylation sites is 2. The van der Waals surface area contributed by atoms with E-state index in [1.165, 1.54) is 0 Å². The van der Waals surface area contributed by atoms with E-state index in [0.29, 0.717) is 6.42 Å². The molecule has 1 aromatic heterocycles. The Labute approximate surface area is 181 Å². The van der Waals surface area contributed by atoms with E-state index < -0.39 is 0 Å². The van der Waals surface area contributed by atoms with Gasteiger partial charge in [-0.05, 0) is 42.7 Å². The summed E-state index contributed by atoms with van der Waals surface area (Å²) < 4.78 is 0. The highest BCUT2D eigenvalue weighted by atomic mass is 16.2. The maximum absolute atomic E-state index is 13.7. The third-order valence-electron chi connectivity index (χ3n) is 5.93. The predicted octanol–water partition coefficient (Wildman–Crippen LogP) is 5.71. The molecule has 4 heteroatoms. The van der Waals surface area contributed by atoms with Crippen LogP contribution in [0, 0.1) is 18.3 Å². The summed E-state index contributed by atoms with van der Waals surface area (Å²) in [5.41, 5.74) is 6.15. The van der Waals surface area contributed by atoms with Gasteiger partial charge in [-0.3, -0.25) is 9.69 Å². The van der Waals surface area contributed by atoms with Gasteiger partial charge in [-0.2, -0.15) is 5.26 Å². The summed E-state index contributed by atoms with van der Waals surface area (Å²) in [7, 11) is 0. The zero-order chi connectivity index (χ0) is 21.4. The van der Waals surface area contributed by atoms with Crippen molar-refractivity contribution >= 4 is 28.6 Å². The molecule has 0 radical (unpaired) electrons. The van der Waals surface area contributed by atoms with Crippen LogP contribution in [-0.4, -0.2) is 10.9 Å². The second-order valence-electron chi connectivity index (χ2n) is 7.81. The molecule has 4 nitrogen and oxygen atoms in total. The Morgan fingerprint density at radius 3 is 2.55 bits per heavy atom. The predicted molar refractivity (Wildman–Crippen MR) is 123 cm³/mol. The van der Waals surface area contributed by atoms with Crippen LogP contribution < -0.4 is 4.90 Å². The lowest BCUT2D eigenvalue weighted by Crippen LogP contribution is -2.33. The molecule has 5 rings (SSSR count). The zero-order valence-corrected chi connectivity index (χ0v) is 17.2. The van der Waals surface area contributed by atoms with Crippen LogP contribution in [0.4, 0.5) is 5.69 Å². The molecule has 3 aromatic carbocycles. The van der Waals surface area contributed by atoms with Crippen molar-refractivity contribution in [2.45, 2.75) is 19.4 Å². The fourth-order valence-electron chi connectivity index (χ4n) is 4.58. The standard InChI is InChI=1S/C27H21N3O/c1-18-26(22-12-6-7-13-23(22)29-18)25-16-20-11-5-8-14-24(20)30(25)27(31)21(17-28)15-19-9-3-2-4-10-19/h2-15,25,29H,16H2,1H3. The minimum atomic E-state index is -0.272. The number of carbonyl (C=O) groups is 1. The van der Waals surface area contributed by atoms with Gasteiger partial charge >= 0.3 is 0 Å². The molecular formula is C27H21N3O. The Morgan fingerprint density at radius 1 is 1.03 bits per heavy atom. The Balaban J connectivity index is 1.65. The number of aromatic amines is 1. The van der Waals surface area contributed by atoms with Gasteiger partial charge in [0, 0.05) is 27.8 Å². The van der Waals surface area contributed by atoms with Crippen molar-refractivity contribution < 1.29 is 4.79 Å². The van der Waals surface area contributed by atoms with Crippen molar-refractivity contribution in [3.63, 3.8) is 0 Å². The van der Waals surface area contributed by atoms with Gasteiger partial charge in [0.1, 0.15) is 11.6 Å². The number of H-pyrrole nitrogens is 1. The first-order valence-electron chi connectivity index (χ1n) is 10.3. The Hall–Kier alpha value is -4.10. The largest absolute Gasteiger partial charge is 0.358 e. The Bertz CT molecular complexity index is 1360. The maximum Gasteiger partial charge on any atom is 0.269 e. The van der Waals surface area contributed by atoms with Crippen LogP contribution in [0.3, 0.4) is 0 Å². The van der Waals surface area contributed by atoms with E-state index in [1.54, 1.807) is 11.0 Å². The van der Waals surface area contributed by atoms with Gasteiger partial charge in [0.15, 0.2) is 0 Å². The van der Waals surface area contributed by atoms with E-state index in [9.17, 15) is 10.1 Å². The second kappa shape index (κ2) is 7.62. The van der Waals surface area contributed by atoms with Crippen molar-refractivity contribution in [2.75, 3.05) is 4.90 Å². The second-order valence-corrected chi connectivity index (χ2v) is 7.81. The van der Waals surface area contributed by atoms with E-state index in [0.717, 1.165) is 39.0 Å². The van der Waals surface area contributed by atoms with Crippen LogP contribution in [-0.2, 0) is 11.2 Å². The summed E-state index contributed by atoms with van der Waals surface area (Å²) in [4.78, 5) is 19.0. The summed E-state index contributed by atoms with van der Waals surface area (Å²) >= 11 is 0. The minimum Gasteiger partial charge on any atom is -0.358 e. The van der Waals surface area contributed by atoms with Crippen molar-refractivity contribution in [3.05, 3.63) is 107 Å². The highest BCUT2D eigenvalue weighted by Crippen LogP contribution is 2.44. The molecule has 2 heterocycles. The molecule has 1 amide bonds. The first-order valence-corrected chi connectivity index (χ1v) is 10.3. The number of aromatic nitrogens is 1. The van der Waals surface area contributed by atoms with Gasteiger partial charge in [0.25, 0.3) is 5.91 Å². The number of hydrogen-bond donors (Lipinski definition) is 1. The summed E-state index contributed by atoms with van der Waals surface area (Å²) in [6.45, 7) is 2.05. The monoisotopic (exact) mass is 403 g/mol. The van der Waals surface area contributed by atoms with E-state index in [2.05, 4.69) is 29.3 Å². The summed E-state index contributed by atoms with van der Waals surface area (Å²) in [6, 6.07) is 27.6. The number of benzene rings is 3. The van der Waals surface area contributed by atoms with Gasteiger partial charge in [-0.25, -0.2) is 0 Å². The molecule has 0 fully saturated rings. The Morgan fingerprint density at radius 2 is 1.74 bits per heavy atom. The summed E-state index contributed by atoms with van der Waals surface area (Å²) in [6.07, 6.45) is 2.39. The van der Waals surface area contributed by atoms with Gasteiger partial charge < -0.3 is 4.98 Å². The molecule has 1 N–H and O–H groups in total. The zero-order valence-electron chi connectivity index (χ0n) is 17.2. The molecule has 0 saturated heterocycles. The molecule has 150 valence electrons. The molecule has 0 aliphatic carbocycles. The van der Waals surface area contributed by atoms with Crippen LogP contribution in [0.5, 0.6) is 0 Å². The molecule has 0 bridgehead atoms. The van der Waals surface area contributed by atoms with E-state index in [1.807, 2.05) is 67.6 Å². The molecule has 4 aromatic rings. The first-order chi connectivity index (χ1) is 15.2. The molecule has 1 aliphatic heterocycles. The molecule has 1 aliphatic rings. The lowest BCUT2D eigenvalue weighted by atomic mass is 9.98. The number of anilines is 1. The van der Waals surface area contributed by atoms with Crippen molar-refractivity contribution in [1.29, 1.82) is 5.26 Å². The number of rotatable bonds is 3. The lowest BCUT2D eigenvalue weighted by molar-refractivity contribution is -0.115. The first kappa shape index (κ1) is 18.9. The Kier molecular flexibility index (Phi) is 4.65. The minimum absolute atomic E-state index is 0.130. The highest BCUT2D eigenvalue weighted by molar-refractivity contribution is 6.13. The molecule has 0 spiro atoms. The number of hydrogen-bond acceptors (Lipinski definition) is 2. The topological polar surface area (TPSA) is 59.9 Å². The highest BCUT2D eigenvalue weighted by Gasteiger charge is 2.38. The van der Waals surface area contributed by atoms with Crippen LogP contribution in [0.25, 0.3) is 17.0 Å². The van der Waals surface area contributed by atoms with Gasteiger partial charge in [0.05, 0.1) is 6.04 Å². The third-order valence-corrected chi connectivity index (χ3v) is 5.93. The van der Waals surface area contributed by atoms with Crippen molar-refractivity contribution in [1.82, 2.24) is 4.98 Å². The number of nitriles is 1. The number of aryl methyl sites for hydroxylation is 1. The molecule has 31 heavy (non-hydrogen) atoms. The van der Waals surface area contributed by atoms with Crippen molar-refractivity contribution in [2.24, 2.45) is 0 Å². The molecular weight excluding hydrogens is 382 g/mol. The van der Waals surface area contributed by atoms with Crippen molar-refractivity contribution in [3.8, 4) is 6.07 Å².